The molecule has 3 aliphatic carbocycles. The first-order valence-corrected chi connectivity index (χ1v) is 5.77. The predicted molar refractivity (Wildman–Crippen MR) is 56.3 cm³/mol. The molecule has 3 rings (SSSR count). The van der Waals surface area contributed by atoms with Gasteiger partial charge in [0.25, 0.3) is 0 Å². The molecule has 0 radical (unpaired) electrons. The summed E-state index contributed by atoms with van der Waals surface area (Å²) in [6.45, 7) is 8.13. The molecule has 4 atom stereocenters. The van der Waals surface area contributed by atoms with Crippen LogP contribution in [0.15, 0.2) is 0 Å². The van der Waals surface area contributed by atoms with Crippen molar-refractivity contribution in [1.82, 2.24) is 0 Å². The highest BCUT2D eigenvalue weighted by molar-refractivity contribution is 5.04. The third-order valence-corrected chi connectivity index (χ3v) is 5.01. The van der Waals surface area contributed by atoms with Gasteiger partial charge in [0.2, 0.25) is 0 Å². The van der Waals surface area contributed by atoms with Gasteiger partial charge in [0, 0.05) is 0 Å². The maximum absolute atomic E-state index is 5.77. The van der Waals surface area contributed by atoms with Gasteiger partial charge in [-0.1, -0.05) is 20.8 Å². The third kappa shape index (κ3) is 1.24. The molecule has 0 amide bonds. The molecule has 0 aromatic carbocycles. The molecule has 76 valence electrons. The fourth-order valence-electron chi connectivity index (χ4n) is 3.72. The Hall–Kier alpha value is -0.0400. The molecule has 0 aromatic rings. The number of hydrogen-bond donors (Lipinski definition) is 1. The van der Waals surface area contributed by atoms with Crippen LogP contribution in [-0.2, 0) is 0 Å². The Balaban J connectivity index is 2.07. The molecule has 1 nitrogen and oxygen atoms in total. The Bertz CT molecular complexity index is 195. The van der Waals surface area contributed by atoms with Crippen molar-refractivity contribution in [3.63, 3.8) is 0 Å². The van der Waals surface area contributed by atoms with Crippen molar-refractivity contribution in [3.8, 4) is 0 Å². The summed E-state index contributed by atoms with van der Waals surface area (Å²) >= 11 is 0. The Labute approximate surface area is 82.1 Å². The van der Waals surface area contributed by atoms with Crippen molar-refractivity contribution >= 4 is 0 Å². The first-order valence-electron chi connectivity index (χ1n) is 5.77. The molecule has 0 heterocycles. The zero-order valence-electron chi connectivity index (χ0n) is 9.22. The van der Waals surface area contributed by atoms with E-state index >= 15 is 0 Å². The van der Waals surface area contributed by atoms with Crippen molar-refractivity contribution in [2.45, 2.75) is 40.0 Å². The van der Waals surface area contributed by atoms with E-state index in [-0.39, 0.29) is 0 Å². The molecule has 0 aromatic heterocycles. The first-order chi connectivity index (χ1) is 6.07. The second-order valence-electron chi connectivity index (χ2n) is 5.81. The zero-order valence-corrected chi connectivity index (χ0v) is 9.22. The van der Waals surface area contributed by atoms with Gasteiger partial charge < -0.3 is 5.73 Å². The number of nitrogens with two attached hydrogens (primary N) is 1. The molecule has 3 saturated carbocycles. The van der Waals surface area contributed by atoms with Gasteiger partial charge in [-0.3, -0.25) is 0 Å². The van der Waals surface area contributed by atoms with Gasteiger partial charge in [0.15, 0.2) is 0 Å². The maximum Gasteiger partial charge on any atom is -0.00487 e. The van der Waals surface area contributed by atoms with E-state index in [0.717, 1.165) is 30.2 Å². The molecule has 1 heteroatoms. The molecule has 3 aliphatic rings. The lowest BCUT2D eigenvalue weighted by molar-refractivity contribution is -0.118. The summed E-state index contributed by atoms with van der Waals surface area (Å²) < 4.78 is 0. The fourth-order valence-corrected chi connectivity index (χ4v) is 3.72. The first kappa shape index (κ1) is 9.51. The summed E-state index contributed by atoms with van der Waals surface area (Å²) in [5.74, 6) is 3.67. The fraction of sp³-hybridized carbons (Fsp3) is 1.00. The van der Waals surface area contributed by atoms with Crippen LogP contribution in [0.3, 0.4) is 0 Å². The highest BCUT2D eigenvalue weighted by atomic mass is 14.6. The second kappa shape index (κ2) is 2.98. The molecule has 2 bridgehead atoms. The minimum Gasteiger partial charge on any atom is -0.330 e. The Morgan fingerprint density at radius 1 is 1.38 bits per heavy atom. The summed E-state index contributed by atoms with van der Waals surface area (Å²) in [6.07, 6.45) is 4.39. The van der Waals surface area contributed by atoms with Crippen molar-refractivity contribution in [2.75, 3.05) is 6.54 Å². The Morgan fingerprint density at radius 3 is 2.54 bits per heavy atom. The van der Waals surface area contributed by atoms with Gasteiger partial charge >= 0.3 is 0 Å². The molecule has 2 N–H and O–H groups in total. The van der Waals surface area contributed by atoms with Gasteiger partial charge in [0.1, 0.15) is 0 Å². The van der Waals surface area contributed by atoms with Crippen LogP contribution in [0.1, 0.15) is 40.0 Å². The quantitative estimate of drug-likeness (QED) is 0.696. The predicted octanol–water partition coefficient (Wildman–Crippen LogP) is 2.65. The summed E-state index contributed by atoms with van der Waals surface area (Å²) in [5, 5.41) is 0. The van der Waals surface area contributed by atoms with E-state index in [1.54, 1.807) is 0 Å². The largest absolute Gasteiger partial charge is 0.330 e. The van der Waals surface area contributed by atoms with Crippen LogP contribution in [0.5, 0.6) is 0 Å². The van der Waals surface area contributed by atoms with Crippen LogP contribution in [-0.4, -0.2) is 6.54 Å². The zero-order chi connectivity index (χ0) is 9.64. The number of fused-ring (bicyclic) bond motifs is 2. The van der Waals surface area contributed by atoms with E-state index in [1.165, 1.54) is 19.3 Å². The van der Waals surface area contributed by atoms with Crippen LogP contribution >= 0.6 is 0 Å². The Morgan fingerprint density at radius 2 is 2.08 bits per heavy atom. The van der Waals surface area contributed by atoms with Crippen LogP contribution in [0, 0.1) is 29.1 Å². The van der Waals surface area contributed by atoms with E-state index in [2.05, 4.69) is 20.8 Å². The molecular weight excluding hydrogens is 158 g/mol. The number of hydrogen-bond acceptors (Lipinski definition) is 1. The van der Waals surface area contributed by atoms with Crippen LogP contribution in [0.25, 0.3) is 0 Å². The Kier molecular flexibility index (Phi) is 2.18. The standard InChI is InChI=1S/C12H23N/c1-8(7-13)10-5-4-9-6-11(10)12(9,2)3/h8-11H,4-7,13H2,1-3H3. The SMILES string of the molecule is CC(CN)C1CCC2CC1C2(C)C. The maximum atomic E-state index is 5.77. The smallest absolute Gasteiger partial charge is 0.00487 e. The molecule has 4 unspecified atom stereocenters. The normalized spacial score (nSPS) is 43.8. The summed E-state index contributed by atoms with van der Waals surface area (Å²) in [4.78, 5) is 0. The average molecular weight is 181 g/mol. The van der Waals surface area contributed by atoms with Gasteiger partial charge in [-0.05, 0) is 54.9 Å². The van der Waals surface area contributed by atoms with Crippen LogP contribution < -0.4 is 5.73 Å². The molecule has 3 fully saturated rings. The van der Waals surface area contributed by atoms with E-state index in [9.17, 15) is 0 Å². The minimum absolute atomic E-state index is 0.631. The van der Waals surface area contributed by atoms with Crippen LogP contribution in [0.4, 0.5) is 0 Å². The van der Waals surface area contributed by atoms with Crippen molar-refractivity contribution < 1.29 is 0 Å². The summed E-state index contributed by atoms with van der Waals surface area (Å²) in [6, 6.07) is 0. The van der Waals surface area contributed by atoms with Crippen LogP contribution in [0.2, 0.25) is 0 Å². The van der Waals surface area contributed by atoms with Gasteiger partial charge in [-0.2, -0.15) is 0 Å². The lowest BCUT2D eigenvalue weighted by Gasteiger charge is -2.61. The molecule has 0 aliphatic heterocycles. The van der Waals surface area contributed by atoms with Crippen molar-refractivity contribution in [1.29, 1.82) is 0 Å². The van der Waals surface area contributed by atoms with Gasteiger partial charge in [-0.15, -0.1) is 0 Å². The summed E-state index contributed by atoms with van der Waals surface area (Å²) in [7, 11) is 0. The van der Waals surface area contributed by atoms with Crippen molar-refractivity contribution in [3.05, 3.63) is 0 Å². The molecule has 0 spiro atoms. The van der Waals surface area contributed by atoms with E-state index in [4.69, 9.17) is 5.73 Å². The third-order valence-electron chi connectivity index (χ3n) is 5.01. The summed E-state index contributed by atoms with van der Waals surface area (Å²) in [5.41, 5.74) is 6.40. The average Bonchev–Trinajstić information content (AvgIpc) is 2.16. The highest BCUT2D eigenvalue weighted by Crippen LogP contribution is 2.62. The minimum atomic E-state index is 0.631. The topological polar surface area (TPSA) is 26.0 Å². The van der Waals surface area contributed by atoms with Gasteiger partial charge in [-0.25, -0.2) is 0 Å². The second-order valence-corrected chi connectivity index (χ2v) is 5.81. The van der Waals surface area contributed by atoms with E-state index in [0.29, 0.717) is 5.41 Å². The van der Waals surface area contributed by atoms with Crippen molar-refractivity contribution in [2.24, 2.45) is 34.8 Å². The van der Waals surface area contributed by atoms with E-state index < -0.39 is 0 Å². The van der Waals surface area contributed by atoms with E-state index in [1.807, 2.05) is 0 Å². The molecular formula is C12H23N. The molecule has 0 saturated heterocycles. The lowest BCUT2D eigenvalue weighted by Crippen LogP contribution is -2.54. The number of rotatable bonds is 2. The highest BCUT2D eigenvalue weighted by Gasteiger charge is 2.54. The van der Waals surface area contributed by atoms with Gasteiger partial charge in [0.05, 0.1) is 0 Å². The monoisotopic (exact) mass is 181 g/mol. The lowest BCUT2D eigenvalue weighted by atomic mass is 9.44. The molecule has 13 heavy (non-hydrogen) atoms.